The fourth-order valence-corrected chi connectivity index (χ4v) is 3.13. The number of amides is 1. The van der Waals surface area contributed by atoms with E-state index in [1.165, 1.54) is 5.56 Å². The van der Waals surface area contributed by atoms with Gasteiger partial charge >= 0.3 is 0 Å². The van der Waals surface area contributed by atoms with Crippen molar-refractivity contribution >= 4 is 34.6 Å². The van der Waals surface area contributed by atoms with E-state index in [-0.39, 0.29) is 5.91 Å². The molecule has 5 nitrogen and oxygen atoms in total. The molecular formula is C21H25N3O2S. The number of morpholine rings is 1. The number of thiocarbonyl (C=S) groups is 1. The van der Waals surface area contributed by atoms with Gasteiger partial charge in [0.2, 0.25) is 0 Å². The minimum Gasteiger partial charge on any atom is -0.378 e. The van der Waals surface area contributed by atoms with Gasteiger partial charge in [-0.3, -0.25) is 4.79 Å². The molecule has 0 saturated carbocycles. The van der Waals surface area contributed by atoms with Crippen molar-refractivity contribution in [3.63, 3.8) is 0 Å². The molecule has 6 heteroatoms. The van der Waals surface area contributed by atoms with Crippen LogP contribution >= 0.6 is 12.2 Å². The Morgan fingerprint density at radius 3 is 2.00 bits per heavy atom. The molecule has 0 radical (unpaired) electrons. The summed E-state index contributed by atoms with van der Waals surface area (Å²) in [7, 11) is 0. The standard InChI is InChI=1S/C21H25N3O2S/c1-15(2)16-3-7-18(8-4-16)22-21(27)23-19-9-5-17(6-10-19)20(25)24-11-13-26-14-12-24/h3-10,15H,11-14H2,1-2H3,(H2,22,23,27). The molecule has 1 aliphatic rings. The molecule has 0 unspecified atom stereocenters. The van der Waals surface area contributed by atoms with Crippen molar-refractivity contribution in [3.05, 3.63) is 59.7 Å². The molecule has 0 aromatic heterocycles. The average molecular weight is 384 g/mol. The number of benzene rings is 2. The maximum atomic E-state index is 12.5. The van der Waals surface area contributed by atoms with Gasteiger partial charge < -0.3 is 20.3 Å². The zero-order chi connectivity index (χ0) is 19.2. The highest BCUT2D eigenvalue weighted by Gasteiger charge is 2.18. The molecule has 0 atom stereocenters. The van der Waals surface area contributed by atoms with E-state index in [4.69, 9.17) is 17.0 Å². The number of hydrogen-bond acceptors (Lipinski definition) is 3. The highest BCUT2D eigenvalue weighted by atomic mass is 32.1. The van der Waals surface area contributed by atoms with Crippen LogP contribution in [0.5, 0.6) is 0 Å². The Hall–Kier alpha value is -2.44. The Balaban J connectivity index is 1.55. The maximum Gasteiger partial charge on any atom is 0.254 e. The molecule has 1 fully saturated rings. The average Bonchev–Trinajstić information content (AvgIpc) is 2.69. The summed E-state index contributed by atoms with van der Waals surface area (Å²) in [5.74, 6) is 0.540. The molecule has 0 bridgehead atoms. The predicted octanol–water partition coefficient (Wildman–Crippen LogP) is 4.09. The first-order valence-electron chi connectivity index (χ1n) is 9.18. The molecule has 2 aromatic rings. The van der Waals surface area contributed by atoms with E-state index in [1.807, 2.05) is 41.3 Å². The van der Waals surface area contributed by atoms with Crippen molar-refractivity contribution in [2.75, 3.05) is 36.9 Å². The van der Waals surface area contributed by atoms with Gasteiger partial charge in [-0.1, -0.05) is 26.0 Å². The summed E-state index contributed by atoms with van der Waals surface area (Å²) in [6.07, 6.45) is 0. The van der Waals surface area contributed by atoms with Crippen molar-refractivity contribution in [1.82, 2.24) is 4.90 Å². The number of carbonyl (C=O) groups is 1. The third-order valence-corrected chi connectivity index (χ3v) is 4.73. The summed E-state index contributed by atoms with van der Waals surface area (Å²) in [5, 5.41) is 6.84. The summed E-state index contributed by atoms with van der Waals surface area (Å²) in [5.41, 5.74) is 3.74. The molecule has 1 aliphatic heterocycles. The lowest BCUT2D eigenvalue weighted by atomic mass is 10.0. The lowest BCUT2D eigenvalue weighted by Gasteiger charge is -2.26. The van der Waals surface area contributed by atoms with E-state index in [2.05, 4.69) is 36.6 Å². The Labute approximate surface area is 165 Å². The summed E-state index contributed by atoms with van der Waals surface area (Å²) in [6.45, 7) is 6.82. The Kier molecular flexibility index (Phi) is 6.42. The molecule has 0 aliphatic carbocycles. The van der Waals surface area contributed by atoms with E-state index in [1.54, 1.807) is 0 Å². The van der Waals surface area contributed by atoms with E-state index in [0.717, 1.165) is 11.4 Å². The quantitative estimate of drug-likeness (QED) is 0.779. The van der Waals surface area contributed by atoms with Crippen LogP contribution < -0.4 is 10.6 Å². The van der Waals surface area contributed by atoms with Crippen molar-refractivity contribution < 1.29 is 9.53 Å². The topological polar surface area (TPSA) is 53.6 Å². The first kappa shape index (κ1) is 19.3. The van der Waals surface area contributed by atoms with Crippen LogP contribution in [0.3, 0.4) is 0 Å². The first-order chi connectivity index (χ1) is 13.0. The van der Waals surface area contributed by atoms with Crippen LogP contribution in [-0.2, 0) is 4.74 Å². The van der Waals surface area contributed by atoms with Gasteiger partial charge in [0.15, 0.2) is 5.11 Å². The normalized spacial score (nSPS) is 14.1. The van der Waals surface area contributed by atoms with Gasteiger partial charge in [-0.2, -0.15) is 0 Å². The van der Waals surface area contributed by atoms with E-state index in [0.29, 0.717) is 42.9 Å². The number of rotatable bonds is 4. The lowest BCUT2D eigenvalue weighted by molar-refractivity contribution is 0.0303. The Morgan fingerprint density at radius 1 is 0.963 bits per heavy atom. The summed E-state index contributed by atoms with van der Waals surface area (Å²) in [4.78, 5) is 14.3. The van der Waals surface area contributed by atoms with Gasteiger partial charge in [-0.15, -0.1) is 0 Å². The SMILES string of the molecule is CC(C)c1ccc(NC(=S)Nc2ccc(C(=O)N3CCOCC3)cc2)cc1. The molecular weight excluding hydrogens is 358 g/mol. The minimum atomic E-state index is 0.0378. The minimum absolute atomic E-state index is 0.0378. The third-order valence-electron chi connectivity index (χ3n) is 4.52. The van der Waals surface area contributed by atoms with Crippen LogP contribution in [0.15, 0.2) is 48.5 Å². The van der Waals surface area contributed by atoms with Crippen LogP contribution in [0.2, 0.25) is 0 Å². The third kappa shape index (κ3) is 5.28. The molecule has 1 amide bonds. The molecule has 2 N–H and O–H groups in total. The van der Waals surface area contributed by atoms with E-state index < -0.39 is 0 Å². The zero-order valence-corrected chi connectivity index (χ0v) is 16.5. The van der Waals surface area contributed by atoms with Gasteiger partial charge in [0.25, 0.3) is 5.91 Å². The summed E-state index contributed by atoms with van der Waals surface area (Å²) in [6, 6.07) is 15.6. The van der Waals surface area contributed by atoms with Crippen molar-refractivity contribution in [2.45, 2.75) is 19.8 Å². The maximum absolute atomic E-state index is 12.5. The first-order valence-corrected chi connectivity index (χ1v) is 9.59. The largest absolute Gasteiger partial charge is 0.378 e. The number of carbonyl (C=O) groups excluding carboxylic acids is 1. The molecule has 2 aromatic carbocycles. The number of anilines is 2. The van der Waals surface area contributed by atoms with Crippen molar-refractivity contribution in [2.24, 2.45) is 0 Å². The van der Waals surface area contributed by atoms with E-state index >= 15 is 0 Å². The van der Waals surface area contributed by atoms with Crippen LogP contribution in [-0.4, -0.2) is 42.2 Å². The number of nitrogens with one attached hydrogen (secondary N) is 2. The molecule has 142 valence electrons. The Morgan fingerprint density at radius 2 is 1.48 bits per heavy atom. The van der Waals surface area contributed by atoms with Gasteiger partial charge in [-0.05, 0) is 60.1 Å². The van der Waals surface area contributed by atoms with Crippen LogP contribution in [0.1, 0.15) is 35.7 Å². The van der Waals surface area contributed by atoms with Gasteiger partial charge in [0.1, 0.15) is 0 Å². The molecule has 0 spiro atoms. The second-order valence-electron chi connectivity index (χ2n) is 6.84. The smallest absolute Gasteiger partial charge is 0.254 e. The molecule has 1 saturated heterocycles. The van der Waals surface area contributed by atoms with Crippen LogP contribution in [0, 0.1) is 0 Å². The van der Waals surface area contributed by atoms with Gasteiger partial charge in [0.05, 0.1) is 13.2 Å². The second kappa shape index (κ2) is 8.97. The highest BCUT2D eigenvalue weighted by molar-refractivity contribution is 7.80. The van der Waals surface area contributed by atoms with Crippen LogP contribution in [0.4, 0.5) is 11.4 Å². The Bertz CT molecular complexity index is 782. The number of ether oxygens (including phenoxy) is 1. The van der Waals surface area contributed by atoms with Crippen molar-refractivity contribution in [3.8, 4) is 0 Å². The molecule has 1 heterocycles. The monoisotopic (exact) mass is 383 g/mol. The van der Waals surface area contributed by atoms with Crippen molar-refractivity contribution in [1.29, 1.82) is 0 Å². The summed E-state index contributed by atoms with van der Waals surface area (Å²) < 4.78 is 5.29. The van der Waals surface area contributed by atoms with Gasteiger partial charge in [-0.25, -0.2) is 0 Å². The summed E-state index contributed by atoms with van der Waals surface area (Å²) >= 11 is 5.38. The fraction of sp³-hybridized carbons (Fsp3) is 0.333. The molecule has 3 rings (SSSR count). The predicted molar refractivity (Wildman–Crippen MR) is 114 cm³/mol. The van der Waals surface area contributed by atoms with Crippen LogP contribution in [0.25, 0.3) is 0 Å². The number of hydrogen-bond donors (Lipinski definition) is 2. The van der Waals surface area contributed by atoms with Gasteiger partial charge in [0, 0.05) is 30.0 Å². The second-order valence-corrected chi connectivity index (χ2v) is 7.25. The zero-order valence-electron chi connectivity index (χ0n) is 15.7. The van der Waals surface area contributed by atoms with E-state index in [9.17, 15) is 4.79 Å². The molecule has 27 heavy (non-hydrogen) atoms. The number of nitrogens with zero attached hydrogens (tertiary/aromatic N) is 1. The fourth-order valence-electron chi connectivity index (χ4n) is 2.89. The highest BCUT2D eigenvalue weighted by Crippen LogP contribution is 2.18. The lowest BCUT2D eigenvalue weighted by Crippen LogP contribution is -2.40.